The molecule has 0 bridgehead atoms. The van der Waals surface area contributed by atoms with E-state index in [1.54, 1.807) is 0 Å². The summed E-state index contributed by atoms with van der Waals surface area (Å²) in [7, 11) is 0. The van der Waals surface area contributed by atoms with Crippen LogP contribution >= 0.6 is 0 Å². The summed E-state index contributed by atoms with van der Waals surface area (Å²) >= 11 is 0. The van der Waals surface area contributed by atoms with Crippen LogP contribution in [0.4, 0.5) is 5.82 Å². The molecule has 5 heterocycles. The Morgan fingerprint density at radius 1 is 1.14 bits per heavy atom. The van der Waals surface area contributed by atoms with Gasteiger partial charge in [-0.2, -0.15) is 0 Å². The maximum Gasteiger partial charge on any atom is 0.243 e. The number of carbonyl (C=O) groups is 1. The molecule has 7 rings (SSSR count). The molecule has 2 aromatic carbocycles. The molecule has 8 heteroatoms. The number of para-hydroxylation sites is 1. The quantitative estimate of drug-likeness (QED) is 0.364. The number of anilines is 1. The van der Waals surface area contributed by atoms with E-state index in [9.17, 15) is 4.79 Å². The van der Waals surface area contributed by atoms with Crippen LogP contribution in [0.3, 0.4) is 0 Å². The molecule has 1 atom stereocenters. The van der Waals surface area contributed by atoms with Crippen molar-refractivity contribution >= 4 is 33.7 Å². The summed E-state index contributed by atoms with van der Waals surface area (Å²) < 4.78 is 7.62. The van der Waals surface area contributed by atoms with Gasteiger partial charge in [0, 0.05) is 40.7 Å². The molecule has 3 N–H and O–H groups in total. The first-order valence-electron chi connectivity index (χ1n) is 12.2. The van der Waals surface area contributed by atoms with Crippen LogP contribution in [0.5, 0.6) is 0 Å². The fourth-order valence-corrected chi connectivity index (χ4v) is 5.54. The van der Waals surface area contributed by atoms with E-state index in [-0.39, 0.29) is 11.9 Å². The molecular weight excluding hydrogens is 464 g/mol. The van der Waals surface area contributed by atoms with Crippen molar-refractivity contribution in [1.82, 2.24) is 24.8 Å². The Morgan fingerprint density at radius 3 is 2.81 bits per heavy atom. The summed E-state index contributed by atoms with van der Waals surface area (Å²) in [4.78, 5) is 26.1. The second kappa shape index (κ2) is 8.25. The highest BCUT2D eigenvalue weighted by molar-refractivity contribution is 6.09. The second-order valence-corrected chi connectivity index (χ2v) is 9.55. The molecule has 0 spiro atoms. The molecule has 1 amide bonds. The van der Waals surface area contributed by atoms with Gasteiger partial charge in [-0.05, 0) is 35.4 Å². The molecule has 5 aromatic rings. The first kappa shape index (κ1) is 21.7. The SMILES string of the molecule is C=CC(=O)NC1Cn2c(c(-c3cnc4ccccc4c3)c3c(N)ncnc32)-c2cc(C3COC3)ccc21. The number of amides is 1. The highest BCUT2D eigenvalue weighted by Gasteiger charge is 2.33. The molecule has 182 valence electrons. The Hall–Kier alpha value is -4.56. The number of aromatic nitrogens is 4. The van der Waals surface area contributed by atoms with Crippen molar-refractivity contribution in [1.29, 1.82) is 0 Å². The van der Waals surface area contributed by atoms with Gasteiger partial charge in [0.15, 0.2) is 0 Å². The van der Waals surface area contributed by atoms with E-state index >= 15 is 0 Å². The van der Waals surface area contributed by atoms with Crippen LogP contribution < -0.4 is 11.1 Å². The van der Waals surface area contributed by atoms with Gasteiger partial charge in [-0.25, -0.2) is 9.97 Å². The lowest BCUT2D eigenvalue weighted by Gasteiger charge is -2.32. The Morgan fingerprint density at radius 2 is 2.00 bits per heavy atom. The molecule has 1 saturated heterocycles. The van der Waals surface area contributed by atoms with Crippen molar-refractivity contribution in [3.05, 3.63) is 84.8 Å². The van der Waals surface area contributed by atoms with E-state index in [4.69, 9.17) is 15.5 Å². The Labute approximate surface area is 212 Å². The van der Waals surface area contributed by atoms with E-state index in [1.807, 2.05) is 24.4 Å². The van der Waals surface area contributed by atoms with Gasteiger partial charge in [-0.1, -0.05) is 36.9 Å². The maximum atomic E-state index is 12.4. The number of nitrogen functional groups attached to an aromatic ring is 1. The molecule has 0 radical (unpaired) electrons. The molecule has 3 aromatic heterocycles. The minimum atomic E-state index is -0.256. The number of ether oxygens (including phenoxy) is 1. The van der Waals surface area contributed by atoms with E-state index in [1.165, 1.54) is 18.0 Å². The highest BCUT2D eigenvalue weighted by Crippen LogP contribution is 2.48. The first-order valence-corrected chi connectivity index (χ1v) is 12.2. The molecule has 0 saturated carbocycles. The number of hydrogen-bond acceptors (Lipinski definition) is 6. The third kappa shape index (κ3) is 3.33. The summed E-state index contributed by atoms with van der Waals surface area (Å²) in [5.74, 6) is 0.536. The molecule has 2 aliphatic rings. The Kier molecular flexibility index (Phi) is 4.84. The van der Waals surface area contributed by atoms with Gasteiger partial charge in [0.2, 0.25) is 5.91 Å². The zero-order valence-corrected chi connectivity index (χ0v) is 20.0. The van der Waals surface area contributed by atoms with Crippen LogP contribution in [0, 0.1) is 0 Å². The Bertz CT molecular complexity index is 1740. The standard InChI is InChI=1S/C29H24N6O2/c1-2-24(36)34-23-12-35-27(21-10-16(7-8-20(21)23)19-13-37-14-19)25(26-28(30)32-15-33-29(26)35)18-9-17-5-3-4-6-22(17)31-11-18/h2-11,15,19,23H,1,12-14H2,(H,34,36)(H2,30,32,33). The summed E-state index contributed by atoms with van der Waals surface area (Å²) in [5.41, 5.74) is 14.3. The molecule has 2 aliphatic heterocycles. The maximum absolute atomic E-state index is 12.4. The highest BCUT2D eigenvalue weighted by atomic mass is 16.5. The van der Waals surface area contributed by atoms with Crippen LogP contribution in [0.1, 0.15) is 23.1 Å². The number of pyridine rings is 1. The van der Waals surface area contributed by atoms with E-state index in [2.05, 4.69) is 56.8 Å². The van der Waals surface area contributed by atoms with E-state index in [0.717, 1.165) is 49.9 Å². The van der Waals surface area contributed by atoms with Crippen molar-refractivity contribution < 1.29 is 9.53 Å². The number of hydrogen-bond donors (Lipinski definition) is 2. The minimum Gasteiger partial charge on any atom is -0.383 e. The van der Waals surface area contributed by atoms with Crippen molar-refractivity contribution in [2.24, 2.45) is 0 Å². The predicted octanol–water partition coefficient (Wildman–Crippen LogP) is 4.37. The summed E-state index contributed by atoms with van der Waals surface area (Å²) in [6.45, 7) is 5.55. The third-order valence-corrected chi connectivity index (χ3v) is 7.43. The zero-order chi connectivity index (χ0) is 25.1. The lowest BCUT2D eigenvalue weighted by Crippen LogP contribution is -2.33. The average molecular weight is 489 g/mol. The monoisotopic (exact) mass is 488 g/mol. The predicted molar refractivity (Wildman–Crippen MR) is 143 cm³/mol. The van der Waals surface area contributed by atoms with Crippen LogP contribution in [0.2, 0.25) is 0 Å². The summed E-state index contributed by atoms with van der Waals surface area (Å²) in [5, 5.41) is 4.93. The molecular formula is C29H24N6O2. The molecule has 37 heavy (non-hydrogen) atoms. The fraction of sp³-hybridized carbons (Fsp3) is 0.172. The lowest BCUT2D eigenvalue weighted by molar-refractivity contribution is -0.117. The second-order valence-electron chi connectivity index (χ2n) is 9.55. The number of fused-ring (bicyclic) bond motifs is 6. The van der Waals surface area contributed by atoms with Gasteiger partial charge >= 0.3 is 0 Å². The fourth-order valence-electron chi connectivity index (χ4n) is 5.54. The third-order valence-electron chi connectivity index (χ3n) is 7.43. The van der Waals surface area contributed by atoms with Crippen LogP contribution in [-0.2, 0) is 16.1 Å². The molecule has 8 nitrogen and oxygen atoms in total. The van der Waals surface area contributed by atoms with Gasteiger partial charge < -0.3 is 20.4 Å². The van der Waals surface area contributed by atoms with Gasteiger partial charge in [-0.15, -0.1) is 0 Å². The number of rotatable bonds is 4. The normalized spacial score (nSPS) is 16.7. The largest absolute Gasteiger partial charge is 0.383 e. The van der Waals surface area contributed by atoms with Gasteiger partial charge in [0.1, 0.15) is 17.8 Å². The smallest absolute Gasteiger partial charge is 0.243 e. The van der Waals surface area contributed by atoms with Crippen LogP contribution in [0.25, 0.3) is 44.3 Å². The van der Waals surface area contributed by atoms with Gasteiger partial charge in [0.05, 0.1) is 35.9 Å². The topological polar surface area (TPSA) is 108 Å². The first-order chi connectivity index (χ1) is 18.1. The lowest BCUT2D eigenvalue weighted by atomic mass is 9.86. The molecule has 0 aliphatic carbocycles. The van der Waals surface area contributed by atoms with Crippen molar-refractivity contribution in [3.8, 4) is 22.4 Å². The van der Waals surface area contributed by atoms with Gasteiger partial charge in [-0.3, -0.25) is 9.78 Å². The van der Waals surface area contributed by atoms with Crippen molar-refractivity contribution in [2.45, 2.75) is 18.5 Å². The average Bonchev–Trinajstić information content (AvgIpc) is 3.23. The molecule has 1 unspecified atom stereocenters. The zero-order valence-electron chi connectivity index (χ0n) is 20.0. The summed E-state index contributed by atoms with van der Waals surface area (Å²) in [6, 6.07) is 16.4. The van der Waals surface area contributed by atoms with Crippen LogP contribution in [-0.4, -0.2) is 38.6 Å². The Balaban J connectivity index is 1.54. The van der Waals surface area contributed by atoms with E-state index in [0.29, 0.717) is 31.5 Å². The number of nitrogens with zero attached hydrogens (tertiary/aromatic N) is 4. The van der Waals surface area contributed by atoms with E-state index < -0.39 is 0 Å². The van der Waals surface area contributed by atoms with Gasteiger partial charge in [0.25, 0.3) is 0 Å². The number of benzene rings is 2. The number of carbonyl (C=O) groups excluding carboxylic acids is 1. The minimum absolute atomic E-state index is 0.222. The van der Waals surface area contributed by atoms with Crippen LogP contribution in [0.15, 0.2) is 73.7 Å². The number of nitrogens with two attached hydrogens (primary N) is 1. The van der Waals surface area contributed by atoms with Crippen molar-refractivity contribution in [3.63, 3.8) is 0 Å². The van der Waals surface area contributed by atoms with Crippen molar-refractivity contribution in [2.75, 3.05) is 18.9 Å². The number of nitrogens with one attached hydrogen (secondary N) is 1. The summed E-state index contributed by atoms with van der Waals surface area (Å²) in [6.07, 6.45) is 4.68. The molecule has 1 fully saturated rings.